The molecular weight excluding hydrogens is 542 g/mol. The van der Waals surface area contributed by atoms with E-state index in [0.717, 1.165) is 6.07 Å². The fraction of sp³-hybridized carbons (Fsp3) is 0.593. The molecular formula is C27H36F2N6O6. The van der Waals surface area contributed by atoms with Crippen molar-refractivity contribution in [3.63, 3.8) is 0 Å². The Morgan fingerprint density at radius 3 is 2.39 bits per heavy atom. The second-order valence-electron chi connectivity index (χ2n) is 10.6. The van der Waals surface area contributed by atoms with Crippen molar-refractivity contribution in [3.8, 4) is 0 Å². The maximum atomic E-state index is 14.9. The van der Waals surface area contributed by atoms with Gasteiger partial charge in [0, 0.05) is 39.1 Å². The minimum absolute atomic E-state index is 0.0250. The van der Waals surface area contributed by atoms with Gasteiger partial charge in [-0.2, -0.15) is 0 Å². The van der Waals surface area contributed by atoms with Crippen LogP contribution in [-0.2, 0) is 30.3 Å². The number of rotatable bonds is 10. The molecule has 0 aromatic heterocycles. The summed E-state index contributed by atoms with van der Waals surface area (Å²) in [5.74, 6) is -3.19. The number of likely N-dealkylation sites (N-methyl/N-ethyl adjacent to an activating group) is 1. The monoisotopic (exact) mass is 578 g/mol. The molecule has 3 aliphatic rings. The average molecular weight is 579 g/mol. The van der Waals surface area contributed by atoms with Crippen LogP contribution in [0.15, 0.2) is 18.2 Å². The van der Waals surface area contributed by atoms with Crippen molar-refractivity contribution in [2.45, 2.75) is 50.4 Å². The number of amides is 5. The van der Waals surface area contributed by atoms with Gasteiger partial charge in [-0.05, 0) is 50.9 Å². The average Bonchev–Trinajstić information content (AvgIpc) is 3.66. The van der Waals surface area contributed by atoms with Crippen LogP contribution in [0.4, 0.5) is 19.3 Å². The molecule has 12 nitrogen and oxygen atoms in total. The summed E-state index contributed by atoms with van der Waals surface area (Å²) in [6.07, 6.45) is 0.0228. The fourth-order valence-corrected chi connectivity index (χ4v) is 4.67. The Labute approximate surface area is 236 Å². The number of alkyl halides is 1. The molecule has 5 amide bonds. The zero-order valence-electron chi connectivity index (χ0n) is 23.2. The van der Waals surface area contributed by atoms with E-state index in [1.165, 1.54) is 17.0 Å². The number of carbonyl (C=O) groups excluding carboxylic acids is 5. The second-order valence-corrected chi connectivity index (χ2v) is 10.6. The van der Waals surface area contributed by atoms with Crippen LogP contribution in [0, 0.1) is 5.82 Å². The number of benzene rings is 1. The van der Waals surface area contributed by atoms with Crippen molar-refractivity contribution in [2.75, 3.05) is 58.2 Å². The maximum Gasteiger partial charge on any atom is 0.410 e. The number of likely N-dealkylation sites (tertiary alicyclic amines) is 1. The summed E-state index contributed by atoms with van der Waals surface area (Å²) in [6.45, 7) is 3.97. The quantitative estimate of drug-likeness (QED) is 0.366. The Hall–Kier alpha value is -3.81. The highest BCUT2D eigenvalue weighted by Gasteiger charge is 2.50. The summed E-state index contributed by atoms with van der Waals surface area (Å²) in [6, 6.07) is 2.21. The number of carbonyl (C=O) groups is 5. The molecule has 1 aliphatic carbocycles. The summed E-state index contributed by atoms with van der Waals surface area (Å²) in [5.41, 5.74) is -1.68. The Balaban J connectivity index is 1.41. The van der Waals surface area contributed by atoms with Gasteiger partial charge < -0.3 is 30.5 Å². The van der Waals surface area contributed by atoms with Gasteiger partial charge in [0.05, 0.1) is 18.8 Å². The Kier molecular flexibility index (Phi) is 9.41. The van der Waals surface area contributed by atoms with E-state index >= 15 is 0 Å². The minimum Gasteiger partial charge on any atom is -0.450 e. The first-order valence-corrected chi connectivity index (χ1v) is 13.8. The van der Waals surface area contributed by atoms with Crippen molar-refractivity contribution in [3.05, 3.63) is 29.6 Å². The van der Waals surface area contributed by atoms with E-state index in [1.807, 2.05) is 7.05 Å². The summed E-state index contributed by atoms with van der Waals surface area (Å²) in [7, 11) is 1.95. The van der Waals surface area contributed by atoms with Crippen LogP contribution < -0.4 is 16.0 Å². The highest BCUT2D eigenvalue weighted by Crippen LogP contribution is 2.39. The first-order chi connectivity index (χ1) is 19.5. The number of nitrogens with one attached hydrogen (secondary N) is 3. The number of hydrogen-bond acceptors (Lipinski definition) is 7. The van der Waals surface area contributed by atoms with Crippen LogP contribution >= 0.6 is 0 Å². The molecule has 0 radical (unpaired) electrons. The van der Waals surface area contributed by atoms with Gasteiger partial charge in [0.25, 0.3) is 5.91 Å². The third-order valence-corrected chi connectivity index (χ3v) is 7.51. The van der Waals surface area contributed by atoms with Crippen molar-refractivity contribution >= 4 is 35.4 Å². The van der Waals surface area contributed by atoms with E-state index in [4.69, 9.17) is 4.74 Å². The molecule has 41 heavy (non-hydrogen) atoms. The van der Waals surface area contributed by atoms with Crippen molar-refractivity contribution < 1.29 is 37.5 Å². The number of nitrogens with zero attached hydrogens (tertiary/aromatic N) is 3. The summed E-state index contributed by atoms with van der Waals surface area (Å²) >= 11 is 0. The predicted octanol–water partition coefficient (Wildman–Crippen LogP) is 0.415. The molecule has 1 aromatic rings. The zero-order valence-corrected chi connectivity index (χ0v) is 23.2. The van der Waals surface area contributed by atoms with Gasteiger partial charge in [0.1, 0.15) is 17.9 Å². The molecule has 2 heterocycles. The molecule has 224 valence electrons. The number of hydrogen-bond donors (Lipinski definition) is 3. The van der Waals surface area contributed by atoms with Crippen molar-refractivity contribution in [1.29, 1.82) is 0 Å². The van der Waals surface area contributed by atoms with Gasteiger partial charge in [-0.15, -0.1) is 0 Å². The highest BCUT2D eigenvalue weighted by atomic mass is 19.1. The topological polar surface area (TPSA) is 140 Å². The van der Waals surface area contributed by atoms with Crippen LogP contribution in [0.5, 0.6) is 0 Å². The summed E-state index contributed by atoms with van der Waals surface area (Å²) in [4.78, 5) is 67.5. The molecule has 2 saturated heterocycles. The smallest absolute Gasteiger partial charge is 0.410 e. The van der Waals surface area contributed by atoms with Gasteiger partial charge in [-0.1, -0.05) is 6.07 Å². The van der Waals surface area contributed by atoms with E-state index in [-0.39, 0.29) is 37.5 Å². The third-order valence-electron chi connectivity index (χ3n) is 7.51. The van der Waals surface area contributed by atoms with Gasteiger partial charge in [-0.25, -0.2) is 13.6 Å². The lowest BCUT2D eigenvalue weighted by atomic mass is 10.00. The van der Waals surface area contributed by atoms with Crippen molar-refractivity contribution in [2.24, 2.45) is 0 Å². The van der Waals surface area contributed by atoms with Crippen LogP contribution in [0.3, 0.4) is 0 Å². The van der Waals surface area contributed by atoms with E-state index < -0.39 is 53.9 Å². The summed E-state index contributed by atoms with van der Waals surface area (Å²) in [5, 5.41) is 7.29. The SMILES string of the molecule is CCOC(=O)N1CCC1C(=O)NC(Cc1ccc(NC(=O)CNC(=O)C2(F)CC2)c(F)c1)C(=O)N1CCN(C)CC1. The van der Waals surface area contributed by atoms with Gasteiger partial charge >= 0.3 is 6.09 Å². The van der Waals surface area contributed by atoms with Gasteiger partial charge in [0.15, 0.2) is 5.67 Å². The first kappa shape index (κ1) is 30.2. The largest absolute Gasteiger partial charge is 0.450 e. The number of halogens is 2. The molecule has 3 N–H and O–H groups in total. The molecule has 1 aromatic carbocycles. The molecule has 2 unspecified atom stereocenters. The lowest BCUT2D eigenvalue weighted by Gasteiger charge is -2.40. The predicted molar refractivity (Wildman–Crippen MR) is 143 cm³/mol. The Morgan fingerprint density at radius 1 is 1.10 bits per heavy atom. The normalized spacial score (nSPS) is 20.3. The maximum absolute atomic E-state index is 14.9. The van der Waals surface area contributed by atoms with E-state index in [9.17, 15) is 32.8 Å². The van der Waals surface area contributed by atoms with Crippen LogP contribution in [-0.4, -0.2) is 115 Å². The number of ether oxygens (including phenoxy) is 1. The lowest BCUT2D eigenvalue weighted by molar-refractivity contribution is -0.140. The Morgan fingerprint density at radius 2 is 1.80 bits per heavy atom. The molecule has 14 heteroatoms. The standard InChI is InChI=1S/C27H36F2N6O6/c1-3-41-26(40)35-9-6-21(35)23(37)32-20(24(38)34-12-10-33(2)11-13-34)15-17-4-5-19(18(28)14-17)31-22(36)16-30-25(39)27(29)7-8-27/h4-5,14,20-21H,3,6-13,15-16H2,1-2H3,(H,30,39)(H,31,36)(H,32,37). The molecule has 0 spiro atoms. The number of anilines is 1. The first-order valence-electron chi connectivity index (χ1n) is 13.8. The molecule has 3 fully saturated rings. The Bertz CT molecular complexity index is 1190. The van der Waals surface area contributed by atoms with E-state index in [2.05, 4.69) is 20.9 Å². The molecule has 4 rings (SSSR count). The van der Waals surface area contributed by atoms with Crippen LogP contribution in [0.25, 0.3) is 0 Å². The third kappa shape index (κ3) is 7.48. The van der Waals surface area contributed by atoms with Crippen molar-refractivity contribution in [1.82, 2.24) is 25.3 Å². The van der Waals surface area contributed by atoms with Crippen LogP contribution in [0.2, 0.25) is 0 Å². The van der Waals surface area contributed by atoms with Crippen LogP contribution in [0.1, 0.15) is 31.7 Å². The summed E-state index contributed by atoms with van der Waals surface area (Å²) < 4.78 is 33.6. The molecule has 2 aliphatic heterocycles. The van der Waals surface area contributed by atoms with E-state index in [1.54, 1.807) is 11.8 Å². The van der Waals surface area contributed by atoms with Gasteiger partial charge in [-0.3, -0.25) is 24.1 Å². The molecule has 2 atom stereocenters. The molecule has 1 saturated carbocycles. The zero-order chi connectivity index (χ0) is 29.7. The second kappa shape index (κ2) is 12.8. The van der Waals surface area contributed by atoms with E-state index in [0.29, 0.717) is 44.7 Å². The number of piperazine rings is 1. The highest BCUT2D eigenvalue weighted by molar-refractivity contribution is 5.97. The fourth-order valence-electron chi connectivity index (χ4n) is 4.67. The molecule has 0 bridgehead atoms. The lowest BCUT2D eigenvalue weighted by Crippen LogP contribution is -2.62. The van der Waals surface area contributed by atoms with Gasteiger partial charge in [0.2, 0.25) is 17.7 Å². The minimum atomic E-state index is -1.92.